The van der Waals surface area contributed by atoms with E-state index in [2.05, 4.69) is 20.8 Å². The highest BCUT2D eigenvalue weighted by atomic mass is 16.5. The first kappa shape index (κ1) is 7.07. The number of hydrogen-bond acceptors (Lipinski definition) is 1. The summed E-state index contributed by atoms with van der Waals surface area (Å²) in [6.07, 6.45) is 0. The molecule has 2 atom stereocenters. The van der Waals surface area contributed by atoms with Gasteiger partial charge in [-0.2, -0.15) is 0 Å². The molecule has 0 bridgehead atoms. The molecule has 1 saturated heterocycles. The number of ether oxygens (including phenoxy) is 1. The predicted octanol–water partition coefficient (Wildman–Crippen LogP) is 1.92. The number of hydrogen-bond donors (Lipinski definition) is 0. The molecule has 0 aromatic rings. The van der Waals surface area contributed by atoms with Crippen LogP contribution in [0, 0.1) is 17.8 Å². The second-order valence-corrected chi connectivity index (χ2v) is 3.42. The Kier molecular flexibility index (Phi) is 2.12. The minimum atomic E-state index is 0.782. The Hall–Kier alpha value is -0.0400. The molecule has 1 aliphatic heterocycles. The van der Waals surface area contributed by atoms with Gasteiger partial charge in [0.05, 0.1) is 0 Å². The molecule has 0 saturated carbocycles. The van der Waals surface area contributed by atoms with Crippen molar-refractivity contribution < 1.29 is 4.74 Å². The zero-order valence-electron chi connectivity index (χ0n) is 6.55. The zero-order valence-corrected chi connectivity index (χ0v) is 6.55. The van der Waals surface area contributed by atoms with Crippen molar-refractivity contribution in [2.45, 2.75) is 20.8 Å². The zero-order chi connectivity index (χ0) is 6.85. The van der Waals surface area contributed by atoms with Crippen molar-refractivity contribution in [2.75, 3.05) is 13.2 Å². The third kappa shape index (κ3) is 1.45. The van der Waals surface area contributed by atoms with E-state index in [1.165, 1.54) is 0 Å². The van der Waals surface area contributed by atoms with Crippen LogP contribution in [-0.2, 0) is 4.74 Å². The summed E-state index contributed by atoms with van der Waals surface area (Å²) in [7, 11) is 0. The van der Waals surface area contributed by atoms with Crippen molar-refractivity contribution in [3.05, 3.63) is 0 Å². The summed E-state index contributed by atoms with van der Waals surface area (Å²) in [6, 6.07) is 0. The van der Waals surface area contributed by atoms with Crippen molar-refractivity contribution in [3.8, 4) is 0 Å². The van der Waals surface area contributed by atoms with E-state index in [-0.39, 0.29) is 0 Å². The van der Waals surface area contributed by atoms with E-state index >= 15 is 0 Å². The van der Waals surface area contributed by atoms with Gasteiger partial charge >= 0.3 is 0 Å². The molecular weight excluding hydrogens is 112 g/mol. The first-order chi connectivity index (χ1) is 4.22. The van der Waals surface area contributed by atoms with Gasteiger partial charge in [-0.15, -0.1) is 0 Å². The molecule has 1 heterocycles. The quantitative estimate of drug-likeness (QED) is 0.524. The molecule has 1 fully saturated rings. The maximum absolute atomic E-state index is 5.33. The van der Waals surface area contributed by atoms with Crippen LogP contribution in [0.3, 0.4) is 0 Å². The normalized spacial score (nSPS) is 36.0. The summed E-state index contributed by atoms with van der Waals surface area (Å²) in [5.74, 6) is 2.39. The van der Waals surface area contributed by atoms with Gasteiger partial charge in [0, 0.05) is 13.2 Å². The largest absolute Gasteiger partial charge is 0.381 e. The first-order valence-corrected chi connectivity index (χ1v) is 3.79. The van der Waals surface area contributed by atoms with Gasteiger partial charge < -0.3 is 4.74 Å². The standard InChI is InChI=1S/C8H16O/c1-6(2)8-5-9-4-7(8)3/h6-8H,4-5H2,1-3H3/t7-,8+/m1/s1. The van der Waals surface area contributed by atoms with Gasteiger partial charge in [0.2, 0.25) is 0 Å². The lowest BCUT2D eigenvalue weighted by Gasteiger charge is -2.16. The summed E-state index contributed by atoms with van der Waals surface area (Å²) in [6.45, 7) is 8.78. The maximum Gasteiger partial charge on any atom is 0.0500 e. The monoisotopic (exact) mass is 128 g/mol. The molecule has 1 aliphatic rings. The maximum atomic E-state index is 5.33. The third-order valence-corrected chi connectivity index (χ3v) is 2.28. The van der Waals surface area contributed by atoms with E-state index in [1.807, 2.05) is 0 Å². The Balaban J connectivity index is 2.40. The van der Waals surface area contributed by atoms with E-state index in [0.717, 1.165) is 31.0 Å². The summed E-state index contributed by atoms with van der Waals surface area (Å²) in [4.78, 5) is 0. The van der Waals surface area contributed by atoms with Crippen LogP contribution in [-0.4, -0.2) is 13.2 Å². The van der Waals surface area contributed by atoms with Crippen molar-refractivity contribution >= 4 is 0 Å². The highest BCUT2D eigenvalue weighted by Gasteiger charge is 2.26. The molecule has 0 amide bonds. The summed E-state index contributed by atoms with van der Waals surface area (Å²) in [5.41, 5.74) is 0. The van der Waals surface area contributed by atoms with Gasteiger partial charge in [-0.25, -0.2) is 0 Å². The van der Waals surface area contributed by atoms with Crippen molar-refractivity contribution in [1.82, 2.24) is 0 Å². The second kappa shape index (κ2) is 2.70. The van der Waals surface area contributed by atoms with Gasteiger partial charge in [0.1, 0.15) is 0 Å². The highest BCUT2D eigenvalue weighted by Crippen LogP contribution is 2.26. The Labute approximate surface area is 57.4 Å². The van der Waals surface area contributed by atoms with Gasteiger partial charge in [-0.3, -0.25) is 0 Å². The molecule has 1 heteroatoms. The molecule has 0 unspecified atom stereocenters. The van der Waals surface area contributed by atoms with Crippen LogP contribution in [0.5, 0.6) is 0 Å². The van der Waals surface area contributed by atoms with Gasteiger partial charge in [-0.1, -0.05) is 20.8 Å². The lowest BCUT2D eigenvalue weighted by Crippen LogP contribution is -2.14. The Bertz CT molecular complexity index is 88.6. The summed E-state index contributed by atoms with van der Waals surface area (Å²) in [5, 5.41) is 0. The lowest BCUT2D eigenvalue weighted by molar-refractivity contribution is 0.175. The fourth-order valence-electron chi connectivity index (χ4n) is 1.53. The van der Waals surface area contributed by atoms with Crippen LogP contribution in [0.1, 0.15) is 20.8 Å². The fourth-order valence-corrected chi connectivity index (χ4v) is 1.53. The van der Waals surface area contributed by atoms with Crippen LogP contribution in [0.4, 0.5) is 0 Å². The van der Waals surface area contributed by atoms with Gasteiger partial charge in [-0.05, 0) is 17.8 Å². The summed E-state index contributed by atoms with van der Waals surface area (Å²) >= 11 is 0. The minimum Gasteiger partial charge on any atom is -0.381 e. The molecule has 1 nitrogen and oxygen atoms in total. The minimum absolute atomic E-state index is 0.782. The van der Waals surface area contributed by atoms with E-state index in [9.17, 15) is 0 Å². The van der Waals surface area contributed by atoms with Gasteiger partial charge in [0.25, 0.3) is 0 Å². The molecular formula is C8H16O. The van der Waals surface area contributed by atoms with Crippen LogP contribution < -0.4 is 0 Å². The molecule has 0 radical (unpaired) electrons. The third-order valence-electron chi connectivity index (χ3n) is 2.28. The molecule has 0 spiro atoms. The molecule has 0 aromatic heterocycles. The fraction of sp³-hybridized carbons (Fsp3) is 1.00. The van der Waals surface area contributed by atoms with Crippen LogP contribution >= 0.6 is 0 Å². The second-order valence-electron chi connectivity index (χ2n) is 3.42. The molecule has 1 rings (SSSR count). The van der Waals surface area contributed by atoms with Crippen molar-refractivity contribution in [2.24, 2.45) is 17.8 Å². The van der Waals surface area contributed by atoms with Crippen molar-refractivity contribution in [1.29, 1.82) is 0 Å². The van der Waals surface area contributed by atoms with E-state index in [1.54, 1.807) is 0 Å². The van der Waals surface area contributed by atoms with Gasteiger partial charge in [0.15, 0.2) is 0 Å². The predicted molar refractivity (Wildman–Crippen MR) is 38.3 cm³/mol. The van der Waals surface area contributed by atoms with Crippen LogP contribution in [0.25, 0.3) is 0 Å². The molecule has 54 valence electrons. The Morgan fingerprint density at radius 1 is 1.33 bits per heavy atom. The molecule has 0 aliphatic carbocycles. The topological polar surface area (TPSA) is 9.23 Å². The van der Waals surface area contributed by atoms with E-state index in [4.69, 9.17) is 4.74 Å². The van der Waals surface area contributed by atoms with Crippen LogP contribution in [0.2, 0.25) is 0 Å². The Morgan fingerprint density at radius 3 is 2.22 bits per heavy atom. The average Bonchev–Trinajstić information content (AvgIpc) is 2.13. The smallest absolute Gasteiger partial charge is 0.0500 e. The molecule has 0 N–H and O–H groups in total. The average molecular weight is 128 g/mol. The molecule has 0 aromatic carbocycles. The number of rotatable bonds is 1. The first-order valence-electron chi connectivity index (χ1n) is 3.79. The molecule has 9 heavy (non-hydrogen) atoms. The summed E-state index contributed by atoms with van der Waals surface area (Å²) < 4.78 is 5.33. The van der Waals surface area contributed by atoms with E-state index < -0.39 is 0 Å². The van der Waals surface area contributed by atoms with Crippen molar-refractivity contribution in [3.63, 3.8) is 0 Å². The lowest BCUT2D eigenvalue weighted by atomic mass is 9.88. The SMILES string of the molecule is CC(C)[C@@H]1COC[C@H]1C. The van der Waals surface area contributed by atoms with Crippen LogP contribution in [0.15, 0.2) is 0 Å². The highest BCUT2D eigenvalue weighted by molar-refractivity contribution is 4.73. The van der Waals surface area contributed by atoms with E-state index in [0.29, 0.717) is 0 Å². The Morgan fingerprint density at radius 2 is 2.00 bits per heavy atom.